The molecular formula is C21H22N2OS2. The molecule has 5 heteroatoms. The molecule has 3 nitrogen and oxygen atoms in total. The first-order chi connectivity index (χ1) is 12.4. The lowest BCUT2D eigenvalue weighted by atomic mass is 9.87. The van der Waals surface area contributed by atoms with Crippen LogP contribution in [-0.2, 0) is 5.54 Å². The largest absolute Gasteiger partial charge is 0.497 e. The summed E-state index contributed by atoms with van der Waals surface area (Å²) in [5, 5.41) is 0. The molecule has 0 saturated heterocycles. The van der Waals surface area contributed by atoms with Gasteiger partial charge in [-0.15, -0.1) is 0 Å². The summed E-state index contributed by atoms with van der Waals surface area (Å²) >= 11 is 0. The second kappa shape index (κ2) is 6.25. The molecule has 0 atom stereocenters. The standard InChI is InChI=1S/C21H22N2OS2/c1-13-9-10-16-17(11-13)23(4)21(2,3)19-18(16)20(26-25-19)22-14-7-6-8-15(12-14)24-5/h6-12H,1-5H3. The van der Waals surface area contributed by atoms with Crippen molar-refractivity contribution in [3.8, 4) is 16.9 Å². The zero-order valence-electron chi connectivity index (χ0n) is 15.7. The summed E-state index contributed by atoms with van der Waals surface area (Å²) in [6.07, 6.45) is 0. The maximum absolute atomic E-state index is 5.34. The lowest BCUT2D eigenvalue weighted by Gasteiger charge is -2.42. The minimum absolute atomic E-state index is 0.0561. The van der Waals surface area contributed by atoms with Gasteiger partial charge < -0.3 is 9.64 Å². The summed E-state index contributed by atoms with van der Waals surface area (Å²) in [6, 6.07) is 14.6. The third kappa shape index (κ3) is 2.66. The van der Waals surface area contributed by atoms with E-state index in [0.717, 1.165) is 16.1 Å². The molecule has 0 unspecified atom stereocenters. The fraction of sp³-hybridized carbons (Fsp3) is 0.286. The second-order valence-electron chi connectivity index (χ2n) is 7.13. The Kier molecular flexibility index (Phi) is 4.16. The van der Waals surface area contributed by atoms with Crippen LogP contribution >= 0.6 is 20.7 Å². The topological polar surface area (TPSA) is 24.8 Å². The molecule has 0 radical (unpaired) electrons. The zero-order valence-corrected chi connectivity index (χ0v) is 17.3. The molecule has 4 rings (SSSR count). The van der Waals surface area contributed by atoms with Crippen molar-refractivity contribution in [2.24, 2.45) is 4.99 Å². The van der Waals surface area contributed by atoms with Crippen LogP contribution in [0.1, 0.15) is 24.3 Å². The number of fused-ring (bicyclic) bond motifs is 3. The van der Waals surface area contributed by atoms with Gasteiger partial charge in [-0.05, 0) is 44.5 Å². The quantitative estimate of drug-likeness (QED) is 0.530. The number of methoxy groups -OCH3 is 1. The molecule has 26 heavy (non-hydrogen) atoms. The molecule has 1 aliphatic rings. The van der Waals surface area contributed by atoms with Crippen LogP contribution in [0.3, 0.4) is 0 Å². The van der Waals surface area contributed by atoms with Crippen LogP contribution in [0.5, 0.6) is 5.75 Å². The van der Waals surface area contributed by atoms with Crippen molar-refractivity contribution < 1.29 is 4.74 Å². The Hall–Kier alpha value is -2.11. The van der Waals surface area contributed by atoms with Gasteiger partial charge in [-0.2, -0.15) is 0 Å². The molecular weight excluding hydrogens is 360 g/mol. The third-order valence-electron chi connectivity index (χ3n) is 5.11. The molecule has 0 aliphatic carbocycles. The first-order valence-electron chi connectivity index (χ1n) is 8.59. The van der Waals surface area contributed by atoms with Crippen molar-refractivity contribution in [3.63, 3.8) is 0 Å². The van der Waals surface area contributed by atoms with Crippen LogP contribution in [0.15, 0.2) is 47.5 Å². The van der Waals surface area contributed by atoms with E-state index in [1.165, 1.54) is 27.3 Å². The van der Waals surface area contributed by atoms with Crippen LogP contribution in [0.2, 0.25) is 0 Å². The number of hydrogen-bond donors (Lipinski definition) is 0. The van der Waals surface area contributed by atoms with Gasteiger partial charge in [-0.25, -0.2) is 4.99 Å². The van der Waals surface area contributed by atoms with Crippen molar-refractivity contribution >= 4 is 32.1 Å². The molecule has 2 heterocycles. The van der Waals surface area contributed by atoms with Gasteiger partial charge in [0, 0.05) is 29.9 Å². The molecule has 0 saturated carbocycles. The van der Waals surface area contributed by atoms with Crippen molar-refractivity contribution in [1.82, 2.24) is 0 Å². The Bertz CT molecular complexity index is 1050. The van der Waals surface area contributed by atoms with Crippen LogP contribution < -0.4 is 14.3 Å². The monoisotopic (exact) mass is 382 g/mol. The fourth-order valence-corrected chi connectivity index (χ4v) is 6.37. The second-order valence-corrected chi connectivity index (χ2v) is 9.26. The average molecular weight is 383 g/mol. The van der Waals surface area contributed by atoms with Crippen LogP contribution in [-0.4, -0.2) is 14.2 Å². The van der Waals surface area contributed by atoms with E-state index in [9.17, 15) is 0 Å². The molecule has 0 N–H and O–H groups in total. The summed E-state index contributed by atoms with van der Waals surface area (Å²) in [4.78, 5) is 8.73. The SMILES string of the molecule is COc1cccc(N=c2ssc3c2-c2ccc(C)cc2N(C)C3(C)C)c1. The smallest absolute Gasteiger partial charge is 0.135 e. The number of nitrogens with zero attached hydrogens (tertiary/aromatic N) is 2. The predicted octanol–water partition coefficient (Wildman–Crippen LogP) is 5.71. The van der Waals surface area contributed by atoms with E-state index < -0.39 is 0 Å². The van der Waals surface area contributed by atoms with Gasteiger partial charge in [0.1, 0.15) is 10.4 Å². The van der Waals surface area contributed by atoms with E-state index in [0.29, 0.717) is 0 Å². The Morgan fingerprint density at radius 3 is 2.65 bits per heavy atom. The normalized spacial score (nSPS) is 15.6. The number of aryl methyl sites for hydroxylation is 1. The van der Waals surface area contributed by atoms with Crippen LogP contribution in [0, 0.1) is 6.92 Å². The Morgan fingerprint density at radius 2 is 1.88 bits per heavy atom. The van der Waals surface area contributed by atoms with E-state index in [4.69, 9.17) is 9.73 Å². The van der Waals surface area contributed by atoms with Gasteiger partial charge in [0.05, 0.1) is 23.2 Å². The molecule has 0 bridgehead atoms. The lowest BCUT2D eigenvalue weighted by Crippen LogP contribution is -2.41. The molecule has 1 aromatic heterocycles. The number of rotatable bonds is 2. The van der Waals surface area contributed by atoms with Crippen molar-refractivity contribution in [2.75, 3.05) is 19.1 Å². The van der Waals surface area contributed by atoms with Gasteiger partial charge in [0.15, 0.2) is 0 Å². The van der Waals surface area contributed by atoms with E-state index in [2.05, 4.69) is 50.9 Å². The van der Waals surface area contributed by atoms with Crippen molar-refractivity contribution in [2.45, 2.75) is 26.3 Å². The maximum Gasteiger partial charge on any atom is 0.135 e. The summed E-state index contributed by atoms with van der Waals surface area (Å²) < 4.78 is 6.42. The summed E-state index contributed by atoms with van der Waals surface area (Å²) in [7, 11) is 7.46. The number of anilines is 1. The van der Waals surface area contributed by atoms with Gasteiger partial charge in [0.25, 0.3) is 0 Å². The van der Waals surface area contributed by atoms with Crippen LogP contribution in [0.4, 0.5) is 11.4 Å². The highest BCUT2D eigenvalue weighted by molar-refractivity contribution is 7.68. The van der Waals surface area contributed by atoms with Crippen molar-refractivity contribution in [1.29, 1.82) is 0 Å². The highest BCUT2D eigenvalue weighted by atomic mass is 32.9. The van der Waals surface area contributed by atoms with E-state index >= 15 is 0 Å². The molecule has 134 valence electrons. The number of benzene rings is 2. The molecule has 2 aromatic carbocycles. The van der Waals surface area contributed by atoms with Crippen LogP contribution in [0.25, 0.3) is 11.1 Å². The molecule has 0 fully saturated rings. The van der Waals surface area contributed by atoms with E-state index in [1.54, 1.807) is 17.5 Å². The first-order valence-corrected chi connectivity index (χ1v) is 10.7. The van der Waals surface area contributed by atoms with E-state index in [1.807, 2.05) is 34.6 Å². The molecule has 3 aromatic rings. The number of ether oxygens (including phenoxy) is 1. The Balaban J connectivity index is 1.98. The van der Waals surface area contributed by atoms with Gasteiger partial charge in [0.2, 0.25) is 0 Å². The van der Waals surface area contributed by atoms with E-state index in [-0.39, 0.29) is 5.54 Å². The fourth-order valence-electron chi connectivity index (χ4n) is 3.36. The van der Waals surface area contributed by atoms with Gasteiger partial charge >= 0.3 is 0 Å². The maximum atomic E-state index is 5.34. The summed E-state index contributed by atoms with van der Waals surface area (Å²) in [6.45, 7) is 6.72. The first kappa shape index (κ1) is 17.3. The third-order valence-corrected chi connectivity index (χ3v) is 7.74. The van der Waals surface area contributed by atoms with Gasteiger partial charge in [-0.3, -0.25) is 0 Å². The Morgan fingerprint density at radius 1 is 1.08 bits per heavy atom. The lowest BCUT2D eigenvalue weighted by molar-refractivity contribution is 0.415. The minimum Gasteiger partial charge on any atom is -0.497 e. The number of hydrogen-bond acceptors (Lipinski definition) is 5. The van der Waals surface area contributed by atoms with Crippen molar-refractivity contribution in [3.05, 3.63) is 57.6 Å². The summed E-state index contributed by atoms with van der Waals surface area (Å²) in [5.41, 5.74) is 5.97. The minimum atomic E-state index is -0.0561. The zero-order chi connectivity index (χ0) is 18.5. The Labute approximate surface area is 161 Å². The molecule has 0 spiro atoms. The highest BCUT2D eigenvalue weighted by Crippen LogP contribution is 2.48. The highest BCUT2D eigenvalue weighted by Gasteiger charge is 2.37. The molecule has 0 amide bonds. The summed E-state index contributed by atoms with van der Waals surface area (Å²) in [5.74, 6) is 0.830. The van der Waals surface area contributed by atoms with Gasteiger partial charge in [-0.1, -0.05) is 38.9 Å². The predicted molar refractivity (Wildman–Crippen MR) is 112 cm³/mol. The molecule has 1 aliphatic heterocycles. The average Bonchev–Trinajstić information content (AvgIpc) is 3.05.